The quantitative estimate of drug-likeness (QED) is 0.622. The standard InChI is InChI=1S/C24H34N6O3/c1-32-21-4-2-17(3-5-21)23-27-24(33-28-23)30-11-8-18(22(25)31)13-20(30)12-16-7-10-29(14-16)15-19-6-9-26-19/h2-5,16,18-20,26H,6-15H2,1H3,(H2,25,31)/t16?,18?,19-,20?/m1/s1. The summed E-state index contributed by atoms with van der Waals surface area (Å²) in [7, 11) is 1.64. The van der Waals surface area contributed by atoms with E-state index in [-0.39, 0.29) is 17.9 Å². The fraction of sp³-hybridized carbons (Fsp3) is 0.625. The Morgan fingerprint density at radius 3 is 2.76 bits per heavy atom. The van der Waals surface area contributed by atoms with E-state index < -0.39 is 0 Å². The second kappa shape index (κ2) is 9.69. The number of hydrogen-bond donors (Lipinski definition) is 2. The van der Waals surface area contributed by atoms with Crippen LogP contribution in [0.25, 0.3) is 11.4 Å². The van der Waals surface area contributed by atoms with Crippen molar-refractivity contribution in [2.45, 2.75) is 44.2 Å². The van der Waals surface area contributed by atoms with E-state index in [0.29, 0.717) is 30.3 Å². The molecule has 1 amide bonds. The van der Waals surface area contributed by atoms with E-state index in [1.807, 2.05) is 24.3 Å². The van der Waals surface area contributed by atoms with Gasteiger partial charge >= 0.3 is 6.01 Å². The van der Waals surface area contributed by atoms with Crippen LogP contribution in [0, 0.1) is 11.8 Å². The summed E-state index contributed by atoms with van der Waals surface area (Å²) in [4.78, 5) is 21.4. The number of nitrogens with zero attached hydrogens (tertiary/aromatic N) is 4. The Hall–Kier alpha value is -2.65. The molecule has 0 aliphatic carbocycles. The molecule has 178 valence electrons. The molecule has 0 spiro atoms. The Morgan fingerprint density at radius 1 is 1.24 bits per heavy atom. The minimum Gasteiger partial charge on any atom is -0.497 e. The van der Waals surface area contributed by atoms with Gasteiger partial charge in [-0.25, -0.2) is 0 Å². The molecule has 1 aromatic heterocycles. The van der Waals surface area contributed by atoms with Crippen LogP contribution in [0.1, 0.15) is 32.1 Å². The van der Waals surface area contributed by atoms with Gasteiger partial charge in [0.05, 0.1) is 7.11 Å². The first-order valence-corrected chi connectivity index (χ1v) is 12.1. The number of anilines is 1. The summed E-state index contributed by atoms with van der Waals surface area (Å²) in [5.41, 5.74) is 6.57. The van der Waals surface area contributed by atoms with Crippen molar-refractivity contribution < 1.29 is 14.1 Å². The molecule has 33 heavy (non-hydrogen) atoms. The van der Waals surface area contributed by atoms with E-state index in [1.54, 1.807) is 7.11 Å². The molecule has 9 heteroatoms. The Kier molecular flexibility index (Phi) is 6.50. The van der Waals surface area contributed by atoms with Gasteiger partial charge in [0.15, 0.2) is 0 Å². The molecule has 1 aromatic carbocycles. The number of nitrogens with two attached hydrogens (primary N) is 1. The first-order valence-electron chi connectivity index (χ1n) is 12.1. The third-order valence-electron chi connectivity index (χ3n) is 7.51. The van der Waals surface area contributed by atoms with E-state index in [0.717, 1.165) is 56.8 Å². The lowest BCUT2D eigenvalue weighted by Gasteiger charge is -2.38. The van der Waals surface area contributed by atoms with Crippen LogP contribution in [-0.2, 0) is 4.79 Å². The lowest BCUT2D eigenvalue weighted by Crippen LogP contribution is -2.50. The summed E-state index contributed by atoms with van der Waals surface area (Å²) in [6, 6.07) is 8.98. The lowest BCUT2D eigenvalue weighted by molar-refractivity contribution is -0.122. The van der Waals surface area contributed by atoms with Gasteiger partial charge in [-0.15, -0.1) is 0 Å². The zero-order chi connectivity index (χ0) is 22.8. The number of carbonyl (C=O) groups excluding carboxylic acids is 1. The van der Waals surface area contributed by atoms with Crippen LogP contribution < -0.4 is 20.7 Å². The maximum absolute atomic E-state index is 12.0. The molecule has 0 bridgehead atoms. The number of aromatic nitrogens is 2. The van der Waals surface area contributed by atoms with Crippen molar-refractivity contribution in [2.75, 3.05) is 44.7 Å². The maximum atomic E-state index is 12.0. The zero-order valence-electron chi connectivity index (χ0n) is 19.3. The summed E-state index contributed by atoms with van der Waals surface area (Å²) >= 11 is 0. The Labute approximate surface area is 194 Å². The molecule has 3 fully saturated rings. The summed E-state index contributed by atoms with van der Waals surface area (Å²) in [5.74, 6) is 1.66. The molecule has 3 N–H and O–H groups in total. The SMILES string of the molecule is COc1ccc(-c2noc(N3CCC(C(N)=O)CC3CC3CCN(C[C@H]4CCN4)C3)n2)cc1. The second-order valence-electron chi connectivity index (χ2n) is 9.69. The van der Waals surface area contributed by atoms with Gasteiger partial charge in [-0.3, -0.25) is 4.79 Å². The lowest BCUT2D eigenvalue weighted by atomic mass is 9.85. The fourth-order valence-corrected chi connectivity index (χ4v) is 5.45. The largest absolute Gasteiger partial charge is 0.497 e. The highest BCUT2D eigenvalue weighted by Crippen LogP contribution is 2.34. The normalized spacial score (nSPS) is 28.0. The number of benzene rings is 1. The number of primary amides is 1. The van der Waals surface area contributed by atoms with Gasteiger partial charge < -0.3 is 30.1 Å². The van der Waals surface area contributed by atoms with Crippen LogP contribution in [0.5, 0.6) is 5.75 Å². The summed E-state index contributed by atoms with van der Waals surface area (Å²) in [5, 5.41) is 7.72. The average molecular weight is 455 g/mol. The predicted octanol–water partition coefficient (Wildman–Crippen LogP) is 1.89. The minimum atomic E-state index is -0.201. The number of carbonyl (C=O) groups is 1. The highest BCUT2D eigenvalue weighted by molar-refractivity contribution is 5.77. The van der Waals surface area contributed by atoms with Gasteiger partial charge in [-0.05, 0) is 75.4 Å². The number of hydrogen-bond acceptors (Lipinski definition) is 8. The smallest absolute Gasteiger partial charge is 0.324 e. The number of ether oxygens (including phenoxy) is 1. The Balaban J connectivity index is 1.28. The Bertz CT molecular complexity index is 944. The van der Waals surface area contributed by atoms with E-state index in [4.69, 9.17) is 20.0 Å². The minimum absolute atomic E-state index is 0.0908. The van der Waals surface area contributed by atoms with Crippen molar-refractivity contribution in [2.24, 2.45) is 17.6 Å². The van der Waals surface area contributed by atoms with Gasteiger partial charge in [0.1, 0.15) is 5.75 Å². The molecule has 4 atom stereocenters. The van der Waals surface area contributed by atoms with Crippen LogP contribution in [-0.4, -0.2) is 72.9 Å². The third kappa shape index (κ3) is 4.99. The van der Waals surface area contributed by atoms with Crippen LogP contribution >= 0.6 is 0 Å². The molecule has 0 radical (unpaired) electrons. The summed E-state index contributed by atoms with van der Waals surface area (Å²) in [6.07, 6.45) is 4.95. The molecular formula is C24H34N6O3. The molecule has 9 nitrogen and oxygen atoms in total. The van der Waals surface area contributed by atoms with Crippen molar-refractivity contribution in [1.82, 2.24) is 20.4 Å². The van der Waals surface area contributed by atoms with Crippen molar-refractivity contribution in [3.63, 3.8) is 0 Å². The second-order valence-corrected chi connectivity index (χ2v) is 9.69. The highest BCUT2D eigenvalue weighted by atomic mass is 16.5. The molecular weight excluding hydrogens is 420 g/mol. The van der Waals surface area contributed by atoms with Crippen molar-refractivity contribution in [3.8, 4) is 17.1 Å². The monoisotopic (exact) mass is 454 g/mol. The average Bonchev–Trinajstić information content (AvgIpc) is 3.46. The number of methoxy groups -OCH3 is 1. The predicted molar refractivity (Wildman–Crippen MR) is 125 cm³/mol. The number of piperidine rings is 1. The van der Waals surface area contributed by atoms with E-state index >= 15 is 0 Å². The number of nitrogens with one attached hydrogen (secondary N) is 1. The molecule has 3 aliphatic rings. The van der Waals surface area contributed by atoms with Gasteiger partial charge in [0, 0.05) is 43.2 Å². The summed E-state index contributed by atoms with van der Waals surface area (Å²) in [6.45, 7) is 5.26. The van der Waals surface area contributed by atoms with Crippen LogP contribution in [0.15, 0.2) is 28.8 Å². The van der Waals surface area contributed by atoms with Crippen LogP contribution in [0.3, 0.4) is 0 Å². The van der Waals surface area contributed by atoms with Gasteiger partial charge in [-0.2, -0.15) is 4.98 Å². The highest BCUT2D eigenvalue weighted by Gasteiger charge is 2.37. The first-order chi connectivity index (χ1) is 16.1. The van der Waals surface area contributed by atoms with Crippen molar-refractivity contribution in [3.05, 3.63) is 24.3 Å². The number of likely N-dealkylation sites (tertiary alicyclic amines) is 1. The van der Waals surface area contributed by atoms with E-state index in [2.05, 4.69) is 20.3 Å². The molecule has 0 saturated carbocycles. The molecule has 5 rings (SSSR count). The van der Waals surface area contributed by atoms with E-state index in [1.165, 1.54) is 12.8 Å². The number of amides is 1. The molecule has 3 aliphatic heterocycles. The molecule has 3 unspecified atom stereocenters. The number of rotatable bonds is 8. The molecule has 3 saturated heterocycles. The van der Waals surface area contributed by atoms with Gasteiger partial charge in [0.25, 0.3) is 0 Å². The van der Waals surface area contributed by atoms with Crippen LogP contribution in [0.4, 0.5) is 6.01 Å². The first kappa shape index (κ1) is 22.2. The van der Waals surface area contributed by atoms with Gasteiger partial charge in [0.2, 0.25) is 11.7 Å². The van der Waals surface area contributed by atoms with Crippen LogP contribution in [0.2, 0.25) is 0 Å². The molecule has 2 aromatic rings. The zero-order valence-corrected chi connectivity index (χ0v) is 19.3. The Morgan fingerprint density at radius 2 is 2.06 bits per heavy atom. The summed E-state index contributed by atoms with van der Waals surface area (Å²) < 4.78 is 10.9. The maximum Gasteiger partial charge on any atom is 0.324 e. The van der Waals surface area contributed by atoms with Gasteiger partial charge in [-0.1, -0.05) is 5.16 Å². The van der Waals surface area contributed by atoms with Crippen molar-refractivity contribution in [1.29, 1.82) is 0 Å². The van der Waals surface area contributed by atoms with E-state index in [9.17, 15) is 4.79 Å². The molecule has 4 heterocycles. The topological polar surface area (TPSA) is 110 Å². The van der Waals surface area contributed by atoms with Crippen molar-refractivity contribution >= 4 is 11.9 Å². The third-order valence-corrected chi connectivity index (χ3v) is 7.51. The fourth-order valence-electron chi connectivity index (χ4n) is 5.45.